The number of likely N-dealkylation sites (N-methyl/N-ethyl adjacent to an activating group) is 1. The number of urea groups is 1. The minimum atomic E-state index is -0.287. The second kappa shape index (κ2) is 16.1. The third-order valence-electron chi connectivity index (χ3n) is 12.6. The number of ether oxygens (including phenoxy) is 1. The van der Waals surface area contributed by atoms with Gasteiger partial charge in [-0.05, 0) is 113 Å². The van der Waals surface area contributed by atoms with E-state index >= 15 is 0 Å². The van der Waals surface area contributed by atoms with Crippen LogP contribution in [0.4, 0.5) is 16.4 Å². The standard InChI is InChI=1S/C45H60N10O2/c1-31-11-8-9-24-54(31)43-51-50-41-19-18-34(30-55(41)43)57-37-20-21-45(36-13-7-6-12-35(36)37)28-39(45)48-42(56)49-40(27-38(46)44(2,3)4)47-33-16-14-32(15-17-33)29-53-23-10-22-52(5)25-26-53/h6-7,12-19,27,30-31,37,39H,8-11,20-26,28-29,46H2,1-5H3,(H2,47,48,49,56). The number of amides is 2. The van der Waals surface area contributed by atoms with Crippen LogP contribution in [0.2, 0.25) is 0 Å². The number of nitrogens with two attached hydrogens (primary N) is 1. The molecule has 0 bridgehead atoms. The molecule has 2 aliphatic heterocycles. The van der Waals surface area contributed by atoms with Gasteiger partial charge in [0.25, 0.3) is 0 Å². The van der Waals surface area contributed by atoms with Gasteiger partial charge in [0.05, 0.1) is 11.9 Å². The number of piperidine rings is 1. The van der Waals surface area contributed by atoms with Crippen LogP contribution in [0.25, 0.3) is 5.65 Å². The van der Waals surface area contributed by atoms with Gasteiger partial charge < -0.3 is 25.6 Å². The lowest BCUT2D eigenvalue weighted by Crippen LogP contribution is -2.43. The molecule has 2 amide bonds. The number of pyridine rings is 1. The van der Waals surface area contributed by atoms with Crippen molar-refractivity contribution >= 4 is 29.1 Å². The normalized spacial score (nSPS) is 24.9. The molecule has 4 atom stereocenters. The predicted molar refractivity (Wildman–Crippen MR) is 227 cm³/mol. The second-order valence-corrected chi connectivity index (χ2v) is 17.8. The number of amidine groups is 1. The van der Waals surface area contributed by atoms with Gasteiger partial charge in [-0.15, -0.1) is 10.2 Å². The highest BCUT2D eigenvalue weighted by Gasteiger charge is 2.59. The summed E-state index contributed by atoms with van der Waals surface area (Å²) >= 11 is 0. The molecule has 4 N–H and O–H groups in total. The summed E-state index contributed by atoms with van der Waals surface area (Å²) in [7, 11) is 2.19. The summed E-state index contributed by atoms with van der Waals surface area (Å²) in [6.07, 6.45) is 11.1. The number of hydrogen-bond acceptors (Lipinski definition) is 9. The molecular weight excluding hydrogens is 713 g/mol. The van der Waals surface area contributed by atoms with E-state index < -0.39 is 0 Å². The molecule has 1 saturated carbocycles. The van der Waals surface area contributed by atoms with Crippen LogP contribution in [0.1, 0.15) is 95.4 Å². The zero-order valence-electron chi connectivity index (χ0n) is 34.4. The van der Waals surface area contributed by atoms with Crippen LogP contribution < -0.4 is 26.0 Å². The van der Waals surface area contributed by atoms with Crippen molar-refractivity contribution in [3.05, 3.63) is 95.3 Å². The smallest absolute Gasteiger partial charge is 0.320 e. The van der Waals surface area contributed by atoms with E-state index in [1.54, 1.807) is 6.08 Å². The predicted octanol–water partition coefficient (Wildman–Crippen LogP) is 7.09. The Morgan fingerprint density at radius 2 is 1.81 bits per heavy atom. The van der Waals surface area contributed by atoms with Crippen molar-refractivity contribution < 1.29 is 9.53 Å². The molecule has 4 aliphatic rings. The van der Waals surface area contributed by atoms with Crippen LogP contribution in [0, 0.1) is 5.41 Å². The molecule has 4 aromatic rings. The fraction of sp³-hybridized carbons (Fsp3) is 0.511. The summed E-state index contributed by atoms with van der Waals surface area (Å²) in [5.74, 6) is 2.09. The highest BCUT2D eigenvalue weighted by molar-refractivity contribution is 6.05. The van der Waals surface area contributed by atoms with E-state index in [1.165, 1.54) is 29.5 Å². The molecule has 0 radical (unpaired) electrons. The number of aromatic nitrogens is 3. The van der Waals surface area contributed by atoms with E-state index in [1.807, 2.05) is 30.5 Å². The van der Waals surface area contributed by atoms with Crippen LogP contribution in [0.15, 0.2) is 83.6 Å². The largest absolute Gasteiger partial charge is 0.484 e. The number of carbonyl (C=O) groups is 1. The third-order valence-corrected chi connectivity index (χ3v) is 12.6. The van der Waals surface area contributed by atoms with Crippen molar-refractivity contribution in [2.45, 2.75) is 103 Å². The van der Waals surface area contributed by atoms with Crippen molar-refractivity contribution in [2.24, 2.45) is 16.1 Å². The van der Waals surface area contributed by atoms with Crippen LogP contribution in [0.5, 0.6) is 5.75 Å². The molecule has 3 fully saturated rings. The van der Waals surface area contributed by atoms with Gasteiger partial charge in [0.15, 0.2) is 5.65 Å². The van der Waals surface area contributed by atoms with E-state index in [9.17, 15) is 4.79 Å². The van der Waals surface area contributed by atoms with Gasteiger partial charge >= 0.3 is 6.03 Å². The molecule has 57 heavy (non-hydrogen) atoms. The summed E-state index contributed by atoms with van der Waals surface area (Å²) in [6.45, 7) is 14.7. The van der Waals surface area contributed by atoms with Crippen LogP contribution in [-0.2, 0) is 12.0 Å². The Morgan fingerprint density at radius 3 is 2.61 bits per heavy atom. The molecule has 2 aromatic carbocycles. The molecule has 8 rings (SSSR count). The van der Waals surface area contributed by atoms with Crippen LogP contribution in [0.3, 0.4) is 0 Å². The van der Waals surface area contributed by atoms with E-state index in [0.717, 1.165) is 94.4 Å². The summed E-state index contributed by atoms with van der Waals surface area (Å²) in [4.78, 5) is 25.9. The van der Waals surface area contributed by atoms with Gasteiger partial charge in [-0.25, -0.2) is 9.79 Å². The van der Waals surface area contributed by atoms with Crippen molar-refractivity contribution in [1.82, 2.24) is 35.0 Å². The monoisotopic (exact) mass is 772 g/mol. The highest BCUT2D eigenvalue weighted by Crippen LogP contribution is 2.58. The maximum Gasteiger partial charge on any atom is 0.320 e. The Hall–Kier alpha value is -4.94. The summed E-state index contributed by atoms with van der Waals surface area (Å²) in [5.41, 5.74) is 12.0. The second-order valence-electron chi connectivity index (χ2n) is 17.8. The van der Waals surface area contributed by atoms with Crippen molar-refractivity contribution in [3.8, 4) is 5.75 Å². The number of fused-ring (bicyclic) bond motifs is 3. The number of nitrogens with one attached hydrogen (secondary N) is 2. The average Bonchev–Trinajstić information content (AvgIpc) is 3.77. The Balaban J connectivity index is 0.946. The number of rotatable bonds is 8. The maximum atomic E-state index is 13.7. The number of nitrogens with zero attached hydrogens (tertiary/aromatic N) is 7. The number of benzene rings is 2. The molecule has 1 spiro atoms. The van der Waals surface area contributed by atoms with E-state index in [4.69, 9.17) is 15.5 Å². The molecule has 2 aromatic heterocycles. The van der Waals surface area contributed by atoms with E-state index in [-0.39, 0.29) is 29.0 Å². The third kappa shape index (κ3) is 8.67. The van der Waals surface area contributed by atoms with Crippen molar-refractivity contribution in [3.63, 3.8) is 0 Å². The summed E-state index contributed by atoms with van der Waals surface area (Å²) in [6, 6.07) is 21.0. The first-order valence-corrected chi connectivity index (χ1v) is 21.0. The molecule has 2 saturated heterocycles. The summed E-state index contributed by atoms with van der Waals surface area (Å²) in [5, 5.41) is 15.4. The number of hydrogen-bond donors (Lipinski definition) is 3. The van der Waals surface area contributed by atoms with Gasteiger partial charge in [-0.2, -0.15) is 0 Å². The minimum Gasteiger partial charge on any atom is -0.484 e. The van der Waals surface area contributed by atoms with Crippen LogP contribution in [-0.4, -0.2) is 88.1 Å². The topological polar surface area (TPSA) is 129 Å². The van der Waals surface area contributed by atoms with Crippen molar-refractivity contribution in [1.29, 1.82) is 0 Å². The molecule has 12 nitrogen and oxygen atoms in total. The van der Waals surface area contributed by atoms with Crippen molar-refractivity contribution in [2.75, 3.05) is 44.7 Å². The number of anilines is 1. The molecule has 2 aliphatic carbocycles. The first kappa shape index (κ1) is 38.9. The Kier molecular flexibility index (Phi) is 11.0. The fourth-order valence-electron chi connectivity index (χ4n) is 8.89. The number of aliphatic imine (C=N–C) groups is 1. The van der Waals surface area contributed by atoms with Gasteiger partial charge in [-0.3, -0.25) is 14.6 Å². The molecule has 302 valence electrons. The lowest BCUT2D eigenvalue weighted by molar-refractivity contribution is 0.171. The zero-order chi connectivity index (χ0) is 39.7. The van der Waals surface area contributed by atoms with Crippen LogP contribution >= 0.6 is 0 Å². The quantitative estimate of drug-likeness (QED) is 0.128. The van der Waals surface area contributed by atoms with Gasteiger partial charge in [-0.1, -0.05) is 57.2 Å². The highest BCUT2D eigenvalue weighted by atomic mass is 16.5. The molecule has 4 unspecified atom stereocenters. The van der Waals surface area contributed by atoms with Gasteiger partial charge in [0.2, 0.25) is 5.95 Å². The number of carbonyl (C=O) groups excluding carboxylic acids is 1. The maximum absolute atomic E-state index is 13.7. The Morgan fingerprint density at radius 1 is 0.982 bits per heavy atom. The fourth-order valence-corrected chi connectivity index (χ4v) is 8.89. The molecular formula is C45H60N10O2. The van der Waals surface area contributed by atoms with E-state index in [0.29, 0.717) is 17.6 Å². The molecule has 12 heteroatoms. The average molecular weight is 773 g/mol. The van der Waals surface area contributed by atoms with E-state index in [2.05, 4.69) is 111 Å². The Labute approximate surface area is 337 Å². The minimum absolute atomic E-state index is 0.00897. The Bertz CT molecular complexity index is 2120. The molecule has 4 heterocycles. The lowest BCUT2D eigenvalue weighted by atomic mass is 9.78. The first-order valence-electron chi connectivity index (χ1n) is 21.0. The lowest BCUT2D eigenvalue weighted by Gasteiger charge is -2.34. The van der Waals surface area contributed by atoms with Gasteiger partial charge in [0.1, 0.15) is 17.7 Å². The SMILES string of the molecule is CC1CCCCN1c1nnc2ccc(OC3CCC4(CC4NC(=O)NC(C=C(N)C(C)(C)C)=Nc4ccc(CN5CCCN(C)CC5)cc4)c4ccccc43)cn12. The first-order chi connectivity index (χ1) is 27.4. The van der Waals surface area contributed by atoms with Gasteiger partial charge in [0, 0.05) is 60.9 Å². The number of allylic oxidation sites excluding steroid dienone is 1. The zero-order valence-corrected chi connectivity index (χ0v) is 34.4. The summed E-state index contributed by atoms with van der Waals surface area (Å²) < 4.78 is 8.83.